The van der Waals surface area contributed by atoms with Crippen molar-refractivity contribution in [2.75, 3.05) is 23.4 Å². The van der Waals surface area contributed by atoms with Gasteiger partial charge in [-0.2, -0.15) is 0 Å². The summed E-state index contributed by atoms with van der Waals surface area (Å²) < 4.78 is 12.8. The number of alkyl halides is 1. The van der Waals surface area contributed by atoms with E-state index < -0.39 is 12.7 Å². The second-order valence-corrected chi connectivity index (χ2v) is 4.68. The van der Waals surface area contributed by atoms with Gasteiger partial charge >= 0.3 is 0 Å². The quantitative estimate of drug-likeness (QED) is 0.929. The highest BCUT2D eigenvalue weighted by atomic mass is 19.1. The van der Waals surface area contributed by atoms with Crippen molar-refractivity contribution in [2.24, 2.45) is 0 Å². The van der Waals surface area contributed by atoms with Crippen LogP contribution in [0, 0.1) is 0 Å². The zero-order valence-corrected chi connectivity index (χ0v) is 10.9. The van der Waals surface area contributed by atoms with Gasteiger partial charge in [0, 0.05) is 0 Å². The molecule has 1 amide bonds. The fourth-order valence-electron chi connectivity index (χ4n) is 2.51. The number of hydrogen-bond donors (Lipinski definition) is 1. The van der Waals surface area contributed by atoms with E-state index in [2.05, 4.69) is 5.32 Å². The lowest BCUT2D eigenvalue weighted by Crippen LogP contribution is -2.43. The number of anilines is 2. The van der Waals surface area contributed by atoms with E-state index in [0.29, 0.717) is 0 Å². The number of carbonyl (C=O) groups is 1. The zero-order chi connectivity index (χ0) is 13.9. The third-order valence-corrected chi connectivity index (χ3v) is 3.45. The van der Waals surface area contributed by atoms with Crippen LogP contribution in [-0.4, -0.2) is 19.1 Å². The van der Waals surface area contributed by atoms with Crippen molar-refractivity contribution >= 4 is 17.3 Å². The summed E-state index contributed by atoms with van der Waals surface area (Å²) in [6.45, 7) is -0.470. The van der Waals surface area contributed by atoms with E-state index in [0.717, 1.165) is 16.9 Å². The van der Waals surface area contributed by atoms with Gasteiger partial charge in [0.15, 0.2) is 0 Å². The van der Waals surface area contributed by atoms with Gasteiger partial charge in [0.1, 0.15) is 12.7 Å². The Morgan fingerprint density at radius 3 is 2.50 bits per heavy atom. The van der Waals surface area contributed by atoms with Crippen LogP contribution < -0.4 is 10.2 Å². The van der Waals surface area contributed by atoms with Gasteiger partial charge in [-0.15, -0.1) is 0 Å². The fraction of sp³-hybridized carbons (Fsp3) is 0.188. The number of hydrogen-bond acceptors (Lipinski definition) is 2. The van der Waals surface area contributed by atoms with Crippen molar-refractivity contribution in [3.05, 3.63) is 60.2 Å². The minimum atomic E-state index is -0.554. The highest BCUT2D eigenvalue weighted by Gasteiger charge is 2.32. The molecule has 0 spiro atoms. The molecule has 20 heavy (non-hydrogen) atoms. The van der Waals surface area contributed by atoms with Crippen LogP contribution in [0.25, 0.3) is 0 Å². The van der Waals surface area contributed by atoms with Crippen molar-refractivity contribution in [1.29, 1.82) is 0 Å². The molecule has 1 heterocycles. The van der Waals surface area contributed by atoms with Crippen LogP contribution in [0.15, 0.2) is 54.6 Å². The molecule has 0 fully saturated rings. The monoisotopic (exact) mass is 270 g/mol. The lowest BCUT2D eigenvalue weighted by atomic mass is 10.0. The van der Waals surface area contributed by atoms with Gasteiger partial charge in [-0.25, -0.2) is 4.39 Å². The summed E-state index contributed by atoms with van der Waals surface area (Å²) in [5.41, 5.74) is 2.48. The molecule has 0 saturated heterocycles. The van der Waals surface area contributed by atoms with Gasteiger partial charge in [0.05, 0.1) is 17.9 Å². The summed E-state index contributed by atoms with van der Waals surface area (Å²) in [6.07, 6.45) is 0. The van der Waals surface area contributed by atoms with E-state index in [4.69, 9.17) is 0 Å². The molecule has 1 N–H and O–H groups in total. The maximum Gasteiger partial charge on any atom is 0.254 e. The van der Waals surface area contributed by atoms with Gasteiger partial charge < -0.3 is 10.2 Å². The standard InChI is InChI=1S/C16H15FN2O/c17-10-11-19-14-9-5-4-8-13(14)18-15(16(19)20)12-6-2-1-3-7-12/h1-9,15,18H,10-11H2. The van der Waals surface area contributed by atoms with E-state index in [1.165, 1.54) is 4.90 Å². The number of nitrogens with one attached hydrogen (secondary N) is 1. The Labute approximate surface area is 117 Å². The number of nitrogens with zero attached hydrogens (tertiary/aromatic N) is 1. The highest BCUT2D eigenvalue weighted by Crippen LogP contribution is 2.36. The number of amides is 1. The van der Waals surface area contributed by atoms with E-state index in [1.807, 2.05) is 54.6 Å². The molecule has 3 rings (SSSR count). The van der Waals surface area contributed by atoms with E-state index in [9.17, 15) is 9.18 Å². The Bertz CT molecular complexity index is 615. The Kier molecular flexibility index (Phi) is 3.37. The van der Waals surface area contributed by atoms with Crippen molar-refractivity contribution in [3.63, 3.8) is 0 Å². The summed E-state index contributed by atoms with van der Waals surface area (Å²) in [4.78, 5) is 14.1. The first-order chi connectivity index (χ1) is 9.81. The molecule has 1 unspecified atom stereocenters. The summed E-state index contributed by atoms with van der Waals surface area (Å²) in [5.74, 6) is -0.118. The largest absolute Gasteiger partial charge is 0.368 e. The molecule has 1 aliphatic rings. The molecule has 0 bridgehead atoms. The number of rotatable bonds is 3. The van der Waals surface area contributed by atoms with E-state index in [-0.39, 0.29) is 12.5 Å². The summed E-state index contributed by atoms with van der Waals surface area (Å²) in [5, 5.41) is 3.24. The molecule has 3 nitrogen and oxygen atoms in total. The second-order valence-electron chi connectivity index (χ2n) is 4.68. The van der Waals surface area contributed by atoms with E-state index >= 15 is 0 Å². The number of carbonyl (C=O) groups excluding carboxylic acids is 1. The predicted octanol–water partition coefficient (Wildman–Crippen LogP) is 3.16. The predicted molar refractivity (Wildman–Crippen MR) is 77.6 cm³/mol. The van der Waals surface area contributed by atoms with Crippen molar-refractivity contribution in [1.82, 2.24) is 0 Å². The SMILES string of the molecule is O=C1C(c2ccccc2)Nc2ccccc2N1CCF. The average molecular weight is 270 g/mol. The number of para-hydroxylation sites is 2. The minimum Gasteiger partial charge on any atom is -0.368 e. The van der Waals surface area contributed by atoms with Crippen molar-refractivity contribution < 1.29 is 9.18 Å². The third-order valence-electron chi connectivity index (χ3n) is 3.45. The van der Waals surface area contributed by atoms with Crippen LogP contribution in [0.4, 0.5) is 15.8 Å². The van der Waals surface area contributed by atoms with Gasteiger partial charge in [-0.3, -0.25) is 4.79 Å². The number of benzene rings is 2. The molecule has 4 heteroatoms. The first-order valence-electron chi connectivity index (χ1n) is 6.59. The lowest BCUT2D eigenvalue weighted by Gasteiger charge is -2.35. The molecule has 1 atom stereocenters. The van der Waals surface area contributed by atoms with Crippen LogP contribution in [0.3, 0.4) is 0 Å². The minimum absolute atomic E-state index is 0.0842. The molecular formula is C16H15FN2O. The molecule has 2 aromatic carbocycles. The topological polar surface area (TPSA) is 32.3 Å². The van der Waals surface area contributed by atoms with E-state index in [1.54, 1.807) is 0 Å². The Hall–Kier alpha value is -2.36. The fourth-order valence-corrected chi connectivity index (χ4v) is 2.51. The van der Waals surface area contributed by atoms with Crippen LogP contribution in [0.5, 0.6) is 0 Å². The van der Waals surface area contributed by atoms with Crippen molar-refractivity contribution in [2.45, 2.75) is 6.04 Å². The maximum absolute atomic E-state index is 12.8. The highest BCUT2D eigenvalue weighted by molar-refractivity contribution is 6.05. The molecule has 0 saturated carbocycles. The normalized spacial score (nSPS) is 17.6. The summed E-state index contributed by atoms with van der Waals surface area (Å²) in [7, 11) is 0. The van der Waals surface area contributed by atoms with Gasteiger partial charge in [0.25, 0.3) is 5.91 Å². The van der Waals surface area contributed by atoms with Crippen LogP contribution in [0.2, 0.25) is 0 Å². The van der Waals surface area contributed by atoms with Crippen LogP contribution >= 0.6 is 0 Å². The molecule has 0 aliphatic carbocycles. The lowest BCUT2D eigenvalue weighted by molar-refractivity contribution is -0.119. The van der Waals surface area contributed by atoms with Gasteiger partial charge in [-0.1, -0.05) is 42.5 Å². The average Bonchev–Trinajstić information content (AvgIpc) is 2.51. The molecule has 102 valence electrons. The van der Waals surface area contributed by atoms with Gasteiger partial charge in [-0.05, 0) is 17.7 Å². The maximum atomic E-state index is 12.8. The second kappa shape index (κ2) is 5.33. The molecule has 0 radical (unpaired) electrons. The Morgan fingerprint density at radius 1 is 1.05 bits per heavy atom. The Balaban J connectivity index is 2.02. The smallest absolute Gasteiger partial charge is 0.254 e. The van der Waals surface area contributed by atoms with Gasteiger partial charge in [0.2, 0.25) is 0 Å². The first-order valence-corrected chi connectivity index (χ1v) is 6.59. The van der Waals surface area contributed by atoms with Crippen LogP contribution in [-0.2, 0) is 4.79 Å². The first kappa shape index (κ1) is 12.7. The summed E-state index contributed by atoms with van der Waals surface area (Å²) >= 11 is 0. The Morgan fingerprint density at radius 2 is 1.75 bits per heavy atom. The molecular weight excluding hydrogens is 255 g/mol. The molecule has 0 aromatic heterocycles. The molecule has 1 aliphatic heterocycles. The number of fused-ring (bicyclic) bond motifs is 1. The zero-order valence-electron chi connectivity index (χ0n) is 10.9. The number of halogens is 1. The third kappa shape index (κ3) is 2.13. The van der Waals surface area contributed by atoms with Crippen LogP contribution in [0.1, 0.15) is 11.6 Å². The summed E-state index contributed by atoms with van der Waals surface area (Å²) in [6, 6.07) is 16.5. The van der Waals surface area contributed by atoms with Crippen molar-refractivity contribution in [3.8, 4) is 0 Å². The molecule has 2 aromatic rings.